The number of likely N-dealkylation sites (tertiary alicyclic amines) is 1. The molecule has 138 valence electrons. The SMILES string of the molecule is Cc1ccc(OC2CCN(C(=O)c3cc(-c4ccc(F)cc4)n[nH]3)C2)nc1. The molecule has 1 fully saturated rings. The summed E-state index contributed by atoms with van der Waals surface area (Å²) in [5, 5.41) is 6.95. The van der Waals surface area contributed by atoms with Crippen LogP contribution in [-0.2, 0) is 0 Å². The Morgan fingerprint density at radius 3 is 2.81 bits per heavy atom. The second-order valence-corrected chi connectivity index (χ2v) is 6.63. The number of ether oxygens (including phenoxy) is 1. The van der Waals surface area contributed by atoms with E-state index in [1.807, 2.05) is 19.1 Å². The van der Waals surface area contributed by atoms with Gasteiger partial charge in [0, 0.05) is 30.8 Å². The maximum Gasteiger partial charge on any atom is 0.272 e. The van der Waals surface area contributed by atoms with E-state index in [-0.39, 0.29) is 17.8 Å². The van der Waals surface area contributed by atoms with Crippen LogP contribution in [0.1, 0.15) is 22.5 Å². The molecule has 1 unspecified atom stereocenters. The van der Waals surface area contributed by atoms with E-state index in [0.29, 0.717) is 30.4 Å². The quantitative estimate of drug-likeness (QED) is 0.770. The van der Waals surface area contributed by atoms with Crippen LogP contribution in [0.3, 0.4) is 0 Å². The van der Waals surface area contributed by atoms with Crippen molar-refractivity contribution in [1.82, 2.24) is 20.1 Å². The summed E-state index contributed by atoms with van der Waals surface area (Å²) in [6.07, 6.45) is 2.43. The number of carbonyl (C=O) groups is 1. The molecule has 1 aromatic carbocycles. The van der Waals surface area contributed by atoms with Crippen molar-refractivity contribution in [2.24, 2.45) is 0 Å². The maximum atomic E-state index is 13.0. The van der Waals surface area contributed by atoms with Crippen LogP contribution in [0.4, 0.5) is 4.39 Å². The second-order valence-electron chi connectivity index (χ2n) is 6.63. The third-order valence-corrected chi connectivity index (χ3v) is 4.55. The van der Waals surface area contributed by atoms with Gasteiger partial charge in [-0.3, -0.25) is 9.89 Å². The predicted octanol–water partition coefficient (Wildman–Crippen LogP) is 3.21. The number of pyridine rings is 1. The molecule has 1 atom stereocenters. The zero-order valence-electron chi connectivity index (χ0n) is 14.9. The summed E-state index contributed by atoms with van der Waals surface area (Å²) in [5.41, 5.74) is 2.83. The molecule has 3 heterocycles. The Labute approximate surface area is 156 Å². The Balaban J connectivity index is 1.40. The molecule has 7 heteroatoms. The van der Waals surface area contributed by atoms with Crippen molar-refractivity contribution in [2.45, 2.75) is 19.4 Å². The van der Waals surface area contributed by atoms with Crippen molar-refractivity contribution in [1.29, 1.82) is 0 Å². The van der Waals surface area contributed by atoms with Crippen molar-refractivity contribution >= 4 is 5.91 Å². The number of aromatic amines is 1. The summed E-state index contributed by atoms with van der Waals surface area (Å²) < 4.78 is 18.9. The van der Waals surface area contributed by atoms with E-state index in [9.17, 15) is 9.18 Å². The van der Waals surface area contributed by atoms with E-state index in [0.717, 1.165) is 17.5 Å². The Morgan fingerprint density at radius 2 is 2.07 bits per heavy atom. The molecule has 27 heavy (non-hydrogen) atoms. The summed E-state index contributed by atoms with van der Waals surface area (Å²) in [5.74, 6) is 0.135. The number of nitrogens with zero attached hydrogens (tertiary/aromatic N) is 3. The number of halogens is 1. The van der Waals surface area contributed by atoms with E-state index in [1.54, 1.807) is 29.3 Å². The summed E-state index contributed by atoms with van der Waals surface area (Å²) in [6, 6.07) is 11.5. The molecule has 0 saturated carbocycles. The Hall–Kier alpha value is -3.22. The van der Waals surface area contributed by atoms with E-state index in [1.165, 1.54) is 12.1 Å². The number of benzene rings is 1. The maximum absolute atomic E-state index is 13.0. The fourth-order valence-corrected chi connectivity index (χ4v) is 3.07. The second kappa shape index (κ2) is 7.19. The largest absolute Gasteiger partial charge is 0.472 e. The molecule has 2 aromatic heterocycles. The lowest BCUT2D eigenvalue weighted by Gasteiger charge is -2.16. The van der Waals surface area contributed by atoms with Gasteiger partial charge in [-0.05, 0) is 42.8 Å². The lowest BCUT2D eigenvalue weighted by Crippen LogP contribution is -2.31. The molecule has 4 rings (SSSR count). The molecule has 0 bridgehead atoms. The van der Waals surface area contributed by atoms with Crippen molar-refractivity contribution < 1.29 is 13.9 Å². The average Bonchev–Trinajstić information content (AvgIpc) is 3.34. The standard InChI is InChI=1S/C20H19FN4O2/c1-13-2-7-19(22-11-13)27-16-8-9-25(12-16)20(26)18-10-17(23-24-18)14-3-5-15(21)6-4-14/h2-7,10-11,16H,8-9,12H2,1H3,(H,23,24). The number of rotatable bonds is 4. The smallest absolute Gasteiger partial charge is 0.272 e. The third kappa shape index (κ3) is 3.81. The summed E-state index contributed by atoms with van der Waals surface area (Å²) in [4.78, 5) is 18.7. The van der Waals surface area contributed by atoms with Gasteiger partial charge in [-0.15, -0.1) is 0 Å². The molecule has 1 saturated heterocycles. The Morgan fingerprint density at radius 1 is 1.26 bits per heavy atom. The molecule has 0 radical (unpaired) electrons. The number of hydrogen-bond acceptors (Lipinski definition) is 4. The number of nitrogens with one attached hydrogen (secondary N) is 1. The monoisotopic (exact) mass is 366 g/mol. The fraction of sp³-hybridized carbons (Fsp3) is 0.250. The molecule has 3 aromatic rings. The summed E-state index contributed by atoms with van der Waals surface area (Å²) in [7, 11) is 0. The Kier molecular flexibility index (Phi) is 4.58. The molecular formula is C20H19FN4O2. The number of aryl methyl sites for hydroxylation is 1. The molecule has 1 aliphatic rings. The molecule has 0 spiro atoms. The predicted molar refractivity (Wildman–Crippen MR) is 97.9 cm³/mol. The van der Waals surface area contributed by atoms with Crippen LogP contribution in [-0.4, -0.2) is 45.2 Å². The van der Waals surface area contributed by atoms with Gasteiger partial charge in [0.1, 0.15) is 17.6 Å². The minimum atomic E-state index is -0.309. The van der Waals surface area contributed by atoms with Gasteiger partial charge >= 0.3 is 0 Å². The number of hydrogen-bond donors (Lipinski definition) is 1. The minimum absolute atomic E-state index is 0.0800. The minimum Gasteiger partial charge on any atom is -0.472 e. The molecule has 1 aliphatic heterocycles. The lowest BCUT2D eigenvalue weighted by atomic mass is 10.1. The molecule has 1 N–H and O–H groups in total. The number of H-pyrrole nitrogens is 1. The van der Waals surface area contributed by atoms with E-state index in [2.05, 4.69) is 15.2 Å². The number of aromatic nitrogens is 3. The van der Waals surface area contributed by atoms with Gasteiger partial charge in [0.2, 0.25) is 5.88 Å². The lowest BCUT2D eigenvalue weighted by molar-refractivity contribution is 0.0765. The van der Waals surface area contributed by atoms with E-state index < -0.39 is 0 Å². The number of amides is 1. The Bertz CT molecular complexity index is 937. The van der Waals surface area contributed by atoms with Gasteiger partial charge < -0.3 is 9.64 Å². The summed E-state index contributed by atoms with van der Waals surface area (Å²) in [6.45, 7) is 3.08. The first-order valence-corrected chi connectivity index (χ1v) is 8.78. The first-order valence-electron chi connectivity index (χ1n) is 8.78. The fourth-order valence-electron chi connectivity index (χ4n) is 3.07. The first kappa shape index (κ1) is 17.2. The van der Waals surface area contributed by atoms with Crippen LogP contribution in [0.15, 0.2) is 48.7 Å². The van der Waals surface area contributed by atoms with Gasteiger partial charge in [-0.25, -0.2) is 9.37 Å². The summed E-state index contributed by atoms with van der Waals surface area (Å²) >= 11 is 0. The van der Waals surface area contributed by atoms with Crippen LogP contribution >= 0.6 is 0 Å². The highest BCUT2D eigenvalue weighted by Gasteiger charge is 2.29. The highest BCUT2D eigenvalue weighted by molar-refractivity contribution is 5.93. The van der Waals surface area contributed by atoms with Crippen molar-refractivity contribution in [3.63, 3.8) is 0 Å². The van der Waals surface area contributed by atoms with Crippen molar-refractivity contribution in [3.8, 4) is 17.1 Å². The van der Waals surface area contributed by atoms with Gasteiger partial charge in [-0.1, -0.05) is 6.07 Å². The number of carbonyl (C=O) groups excluding carboxylic acids is 1. The van der Waals surface area contributed by atoms with Crippen molar-refractivity contribution in [2.75, 3.05) is 13.1 Å². The van der Waals surface area contributed by atoms with Gasteiger partial charge in [0.15, 0.2) is 0 Å². The van der Waals surface area contributed by atoms with E-state index >= 15 is 0 Å². The molecule has 0 aliphatic carbocycles. The van der Waals surface area contributed by atoms with Crippen LogP contribution in [0.5, 0.6) is 5.88 Å². The zero-order valence-corrected chi connectivity index (χ0v) is 14.9. The topological polar surface area (TPSA) is 71.1 Å². The third-order valence-electron chi connectivity index (χ3n) is 4.55. The highest BCUT2D eigenvalue weighted by Crippen LogP contribution is 2.21. The van der Waals surface area contributed by atoms with Gasteiger partial charge in [0.05, 0.1) is 12.2 Å². The highest BCUT2D eigenvalue weighted by atomic mass is 19.1. The molecular weight excluding hydrogens is 347 g/mol. The van der Waals surface area contributed by atoms with Crippen LogP contribution in [0.2, 0.25) is 0 Å². The molecule has 1 amide bonds. The van der Waals surface area contributed by atoms with E-state index in [4.69, 9.17) is 4.74 Å². The molecule has 6 nitrogen and oxygen atoms in total. The van der Waals surface area contributed by atoms with Crippen molar-refractivity contribution in [3.05, 3.63) is 65.7 Å². The van der Waals surface area contributed by atoms with Crippen LogP contribution in [0, 0.1) is 12.7 Å². The van der Waals surface area contributed by atoms with Gasteiger partial charge in [-0.2, -0.15) is 5.10 Å². The normalized spacial score (nSPS) is 16.5. The van der Waals surface area contributed by atoms with Gasteiger partial charge in [0.25, 0.3) is 5.91 Å². The zero-order chi connectivity index (χ0) is 18.8. The average molecular weight is 366 g/mol. The first-order chi connectivity index (χ1) is 13.1. The van der Waals surface area contributed by atoms with Crippen LogP contribution < -0.4 is 4.74 Å². The van der Waals surface area contributed by atoms with Crippen LogP contribution in [0.25, 0.3) is 11.3 Å².